The average molecular weight is 361 g/mol. The highest BCUT2D eigenvalue weighted by Gasteiger charge is 2.79. The van der Waals surface area contributed by atoms with Gasteiger partial charge in [-0.3, -0.25) is 0 Å². The van der Waals surface area contributed by atoms with Gasteiger partial charge in [-0.2, -0.15) is 4.90 Å². The molecule has 25 heavy (non-hydrogen) atoms. The molecule has 1 rings (SSSR count). The van der Waals surface area contributed by atoms with E-state index in [1.54, 1.807) is 48.5 Å². The number of rotatable bonds is 3. The zero-order valence-electron chi connectivity index (χ0n) is 16.2. The molecule has 0 aromatic carbocycles. The Morgan fingerprint density at radius 2 is 1.36 bits per heavy atom. The number of alkyl halides is 1. The quantitative estimate of drug-likeness (QED) is 0.564. The van der Waals surface area contributed by atoms with Gasteiger partial charge in [0.05, 0.1) is 6.61 Å². The third kappa shape index (κ3) is 4.61. The standard InChI is InChI=1S/C17H28FNO6/c1-9-23-11(20)17(10-16(17,8)18)19(12(21)24-14(2,3)4)13(22)25-15(5,6)7/h9-10H2,1-8H3/t16-,17-/m0/s1. The van der Waals surface area contributed by atoms with Gasteiger partial charge >= 0.3 is 18.2 Å². The molecule has 0 N–H and O–H groups in total. The van der Waals surface area contributed by atoms with Gasteiger partial charge in [-0.1, -0.05) is 0 Å². The molecule has 0 spiro atoms. The second kappa shape index (κ2) is 6.46. The Balaban J connectivity index is 3.32. The van der Waals surface area contributed by atoms with E-state index in [4.69, 9.17) is 14.2 Å². The van der Waals surface area contributed by atoms with Crippen LogP contribution in [0.25, 0.3) is 0 Å². The Hall–Kier alpha value is -1.86. The summed E-state index contributed by atoms with van der Waals surface area (Å²) in [5, 5.41) is 0. The molecule has 0 saturated heterocycles. The third-order valence-electron chi connectivity index (χ3n) is 3.47. The number of imide groups is 1. The Kier molecular flexibility index (Phi) is 5.47. The Labute approximate surface area is 147 Å². The number of amides is 2. The summed E-state index contributed by atoms with van der Waals surface area (Å²) in [5.74, 6) is -1.00. The van der Waals surface area contributed by atoms with Crippen LogP contribution in [0.15, 0.2) is 0 Å². The SMILES string of the molecule is CCOC(=O)[C@@]1(N(C(=O)OC(C)(C)C)C(=O)OC(C)(C)C)C[C@]1(C)F. The van der Waals surface area contributed by atoms with Crippen LogP contribution in [0.3, 0.4) is 0 Å². The number of hydrogen-bond donors (Lipinski definition) is 0. The molecule has 8 heteroatoms. The van der Waals surface area contributed by atoms with E-state index in [9.17, 15) is 18.8 Å². The fourth-order valence-electron chi connectivity index (χ4n) is 2.38. The van der Waals surface area contributed by atoms with Crippen LogP contribution < -0.4 is 0 Å². The van der Waals surface area contributed by atoms with E-state index >= 15 is 0 Å². The fourth-order valence-corrected chi connectivity index (χ4v) is 2.38. The summed E-state index contributed by atoms with van der Waals surface area (Å²) in [7, 11) is 0. The fraction of sp³-hybridized carbons (Fsp3) is 0.824. The van der Waals surface area contributed by atoms with Crippen molar-refractivity contribution in [2.24, 2.45) is 0 Å². The van der Waals surface area contributed by atoms with Gasteiger partial charge in [-0.05, 0) is 55.4 Å². The molecule has 7 nitrogen and oxygen atoms in total. The molecule has 144 valence electrons. The maximum atomic E-state index is 14.8. The second-order valence-corrected chi connectivity index (χ2v) is 8.25. The largest absolute Gasteiger partial charge is 0.464 e. The van der Waals surface area contributed by atoms with Crippen molar-refractivity contribution in [3.05, 3.63) is 0 Å². The van der Waals surface area contributed by atoms with Crippen LogP contribution in [0, 0.1) is 0 Å². The van der Waals surface area contributed by atoms with Gasteiger partial charge < -0.3 is 14.2 Å². The van der Waals surface area contributed by atoms with Gasteiger partial charge in [0.15, 0.2) is 5.54 Å². The minimum atomic E-state index is -2.13. The van der Waals surface area contributed by atoms with E-state index in [-0.39, 0.29) is 13.0 Å². The van der Waals surface area contributed by atoms with Gasteiger partial charge in [0.1, 0.15) is 16.9 Å². The maximum Gasteiger partial charge on any atom is 0.420 e. The van der Waals surface area contributed by atoms with Gasteiger partial charge in [0.2, 0.25) is 0 Å². The van der Waals surface area contributed by atoms with Crippen LogP contribution in [0.1, 0.15) is 61.8 Å². The summed E-state index contributed by atoms with van der Waals surface area (Å²) in [6.45, 7) is 12.2. The van der Waals surface area contributed by atoms with E-state index < -0.39 is 40.6 Å². The molecule has 0 aromatic heterocycles. The molecule has 0 bridgehead atoms. The molecule has 1 saturated carbocycles. The minimum absolute atomic E-state index is 0.0207. The lowest BCUT2D eigenvalue weighted by Crippen LogP contribution is -2.57. The highest BCUT2D eigenvalue weighted by atomic mass is 19.1. The second-order valence-electron chi connectivity index (χ2n) is 8.25. The summed E-state index contributed by atoms with van der Waals surface area (Å²) < 4.78 is 30.1. The predicted molar refractivity (Wildman–Crippen MR) is 87.8 cm³/mol. The topological polar surface area (TPSA) is 82.1 Å². The predicted octanol–water partition coefficient (Wildman–Crippen LogP) is 3.59. The van der Waals surface area contributed by atoms with Crippen LogP contribution in [-0.4, -0.2) is 52.1 Å². The lowest BCUT2D eigenvalue weighted by molar-refractivity contribution is -0.153. The number of esters is 1. The summed E-state index contributed by atoms with van der Waals surface area (Å²) in [6, 6.07) is 0. The van der Waals surface area contributed by atoms with Crippen LogP contribution >= 0.6 is 0 Å². The minimum Gasteiger partial charge on any atom is -0.464 e. The summed E-state index contributed by atoms with van der Waals surface area (Å²) in [6.07, 6.45) is -2.69. The number of hydrogen-bond acceptors (Lipinski definition) is 6. The van der Waals surface area contributed by atoms with Crippen molar-refractivity contribution in [3.8, 4) is 0 Å². The van der Waals surface area contributed by atoms with Crippen molar-refractivity contribution in [1.82, 2.24) is 4.90 Å². The van der Waals surface area contributed by atoms with Crippen LogP contribution in [0.5, 0.6) is 0 Å². The van der Waals surface area contributed by atoms with Crippen LogP contribution in [-0.2, 0) is 19.0 Å². The number of nitrogens with zero attached hydrogens (tertiary/aromatic N) is 1. The summed E-state index contributed by atoms with van der Waals surface area (Å²) >= 11 is 0. The van der Waals surface area contributed by atoms with Crippen molar-refractivity contribution < 1.29 is 33.0 Å². The Morgan fingerprint density at radius 3 is 1.60 bits per heavy atom. The number of ether oxygens (including phenoxy) is 3. The molecule has 0 aliphatic heterocycles. The highest BCUT2D eigenvalue weighted by Crippen LogP contribution is 2.56. The van der Waals surface area contributed by atoms with Gasteiger partial charge in [-0.25, -0.2) is 18.8 Å². The molecule has 2 amide bonds. The molecule has 0 aromatic rings. The van der Waals surface area contributed by atoms with Crippen molar-refractivity contribution in [2.75, 3.05) is 6.61 Å². The number of carbonyl (C=O) groups is 3. The van der Waals surface area contributed by atoms with E-state index in [1.165, 1.54) is 0 Å². The van der Waals surface area contributed by atoms with Gasteiger partial charge in [-0.15, -0.1) is 0 Å². The van der Waals surface area contributed by atoms with Crippen molar-refractivity contribution in [2.45, 2.75) is 84.2 Å². The van der Waals surface area contributed by atoms with Crippen molar-refractivity contribution >= 4 is 18.2 Å². The van der Waals surface area contributed by atoms with Crippen LogP contribution in [0.2, 0.25) is 0 Å². The third-order valence-corrected chi connectivity index (χ3v) is 3.47. The Bertz CT molecular complexity index is 532. The zero-order valence-corrected chi connectivity index (χ0v) is 16.2. The van der Waals surface area contributed by atoms with E-state index in [0.29, 0.717) is 4.90 Å². The van der Waals surface area contributed by atoms with E-state index in [0.717, 1.165) is 6.92 Å². The van der Waals surface area contributed by atoms with Crippen molar-refractivity contribution in [3.63, 3.8) is 0 Å². The first-order valence-electron chi connectivity index (χ1n) is 8.20. The molecule has 0 unspecified atom stereocenters. The molecule has 1 fully saturated rings. The number of halogens is 1. The smallest absolute Gasteiger partial charge is 0.420 e. The van der Waals surface area contributed by atoms with Gasteiger partial charge in [0, 0.05) is 6.42 Å². The first-order valence-corrected chi connectivity index (χ1v) is 8.20. The maximum absolute atomic E-state index is 14.8. The van der Waals surface area contributed by atoms with Gasteiger partial charge in [0.25, 0.3) is 0 Å². The van der Waals surface area contributed by atoms with E-state index in [1.807, 2.05) is 0 Å². The summed E-state index contributed by atoms with van der Waals surface area (Å²) in [4.78, 5) is 38.0. The first-order chi connectivity index (χ1) is 11.1. The molecular weight excluding hydrogens is 333 g/mol. The molecular formula is C17H28FNO6. The monoisotopic (exact) mass is 361 g/mol. The Morgan fingerprint density at radius 1 is 1.00 bits per heavy atom. The highest BCUT2D eigenvalue weighted by molar-refractivity contribution is 6.00. The molecule has 0 radical (unpaired) electrons. The lowest BCUT2D eigenvalue weighted by atomic mass is 10.1. The number of carbonyl (C=O) groups excluding carboxylic acids is 3. The van der Waals surface area contributed by atoms with Crippen LogP contribution in [0.4, 0.5) is 14.0 Å². The zero-order chi connectivity index (χ0) is 19.8. The van der Waals surface area contributed by atoms with Crippen molar-refractivity contribution in [1.29, 1.82) is 0 Å². The molecule has 1 aliphatic rings. The lowest BCUT2D eigenvalue weighted by Gasteiger charge is -2.33. The molecule has 2 atom stereocenters. The summed E-state index contributed by atoms with van der Waals surface area (Å²) in [5.41, 5.74) is -6.12. The average Bonchev–Trinajstić information content (AvgIpc) is 2.88. The van der Waals surface area contributed by atoms with E-state index in [2.05, 4.69) is 0 Å². The molecule has 1 aliphatic carbocycles. The first kappa shape index (κ1) is 21.2. The normalized spacial score (nSPS) is 25.8. The molecule has 0 heterocycles.